The second kappa shape index (κ2) is 8.66. The molecular formula is C16H33BN2. The van der Waals surface area contributed by atoms with E-state index in [1.165, 1.54) is 25.1 Å². The topological polar surface area (TPSA) is 15.6 Å². The van der Waals surface area contributed by atoms with Gasteiger partial charge in [-0.05, 0) is 18.8 Å². The first-order chi connectivity index (χ1) is 8.97. The number of nitrogens with zero attached hydrogens (tertiary/aromatic N) is 2. The summed E-state index contributed by atoms with van der Waals surface area (Å²) in [5.74, 6) is 1.83. The van der Waals surface area contributed by atoms with Gasteiger partial charge in [-0.2, -0.15) is 0 Å². The molecule has 2 nitrogen and oxygen atoms in total. The Hall–Kier alpha value is -0.465. The summed E-state index contributed by atoms with van der Waals surface area (Å²) >= 11 is 0. The zero-order valence-corrected chi connectivity index (χ0v) is 14.2. The van der Waals surface area contributed by atoms with Crippen molar-refractivity contribution in [1.82, 2.24) is 4.90 Å². The number of hydrogen-bond donors (Lipinski definition) is 0. The molecule has 1 rings (SSSR count). The molecule has 3 unspecified atom stereocenters. The van der Waals surface area contributed by atoms with E-state index in [0.29, 0.717) is 12.0 Å². The van der Waals surface area contributed by atoms with Crippen LogP contribution in [0.2, 0.25) is 5.31 Å². The first kappa shape index (κ1) is 18.5. The van der Waals surface area contributed by atoms with Crippen LogP contribution in [0.15, 0.2) is 4.99 Å². The highest BCUT2D eigenvalue weighted by Gasteiger charge is 2.39. The van der Waals surface area contributed by atoms with Crippen LogP contribution in [0.1, 0.15) is 66.7 Å². The van der Waals surface area contributed by atoms with Crippen LogP contribution >= 0.6 is 0 Å². The van der Waals surface area contributed by atoms with Crippen LogP contribution in [0.3, 0.4) is 0 Å². The molecule has 0 aromatic heterocycles. The average Bonchev–Trinajstić information content (AvgIpc) is 2.43. The molecule has 19 heavy (non-hydrogen) atoms. The van der Waals surface area contributed by atoms with Gasteiger partial charge in [-0.25, -0.2) is 0 Å². The van der Waals surface area contributed by atoms with Gasteiger partial charge in [0, 0.05) is 26.6 Å². The van der Waals surface area contributed by atoms with E-state index in [9.17, 15) is 0 Å². The third-order valence-corrected chi connectivity index (χ3v) is 4.50. The van der Waals surface area contributed by atoms with Crippen molar-refractivity contribution in [3.8, 4) is 0 Å². The van der Waals surface area contributed by atoms with Gasteiger partial charge in [0.05, 0.1) is 13.7 Å². The van der Waals surface area contributed by atoms with Crippen LogP contribution in [0.25, 0.3) is 0 Å². The number of piperidine rings is 1. The maximum absolute atomic E-state index is 6.49. The van der Waals surface area contributed by atoms with Gasteiger partial charge >= 0.3 is 0 Å². The lowest BCUT2D eigenvalue weighted by Gasteiger charge is -2.48. The molecule has 0 aromatic rings. The number of rotatable bonds is 4. The summed E-state index contributed by atoms with van der Waals surface area (Å²) in [4.78, 5) is 6.78. The van der Waals surface area contributed by atoms with Gasteiger partial charge in [0.15, 0.2) is 0 Å². The van der Waals surface area contributed by atoms with Crippen LogP contribution in [0.4, 0.5) is 0 Å². The predicted molar refractivity (Wildman–Crippen MR) is 88.3 cm³/mol. The quantitative estimate of drug-likeness (QED) is 0.691. The Labute approximate surface area is 122 Å². The molecule has 1 fully saturated rings. The van der Waals surface area contributed by atoms with Gasteiger partial charge < -0.3 is 4.90 Å². The monoisotopic (exact) mass is 264 g/mol. The minimum atomic E-state index is -0.0482. The van der Waals surface area contributed by atoms with Crippen molar-refractivity contribution in [2.75, 3.05) is 14.1 Å². The Morgan fingerprint density at radius 1 is 1.37 bits per heavy atom. The second-order valence-electron chi connectivity index (χ2n) is 5.61. The van der Waals surface area contributed by atoms with Gasteiger partial charge in [-0.3, -0.25) is 4.99 Å². The van der Waals surface area contributed by atoms with E-state index in [1.54, 1.807) is 0 Å². The summed E-state index contributed by atoms with van der Waals surface area (Å²) < 4.78 is 0. The summed E-state index contributed by atoms with van der Waals surface area (Å²) in [6.07, 6.45) is 5.73. The highest BCUT2D eigenvalue weighted by Crippen LogP contribution is 2.45. The molecule has 0 N–H and O–H groups in total. The molecule has 0 saturated carbocycles. The molecule has 110 valence electrons. The zero-order chi connectivity index (χ0) is 15.1. The Bertz CT molecular complexity index is 274. The van der Waals surface area contributed by atoms with Crippen LogP contribution < -0.4 is 0 Å². The molecule has 3 atom stereocenters. The molecule has 1 aliphatic heterocycles. The fourth-order valence-electron chi connectivity index (χ4n) is 3.11. The normalized spacial score (nSPS) is 28.6. The fourth-order valence-corrected chi connectivity index (χ4v) is 3.11. The molecule has 3 heteroatoms. The summed E-state index contributed by atoms with van der Waals surface area (Å²) in [7, 11) is 10.6. The molecule has 0 spiro atoms. The van der Waals surface area contributed by atoms with Crippen LogP contribution in [-0.2, 0) is 0 Å². The number of likely N-dealkylation sites (tertiary alicyclic amines) is 1. The van der Waals surface area contributed by atoms with Crippen molar-refractivity contribution < 1.29 is 0 Å². The fraction of sp³-hybridized carbons (Fsp3) is 0.938. The summed E-state index contributed by atoms with van der Waals surface area (Å²) in [6.45, 7) is 10.7. The Morgan fingerprint density at radius 2 is 1.95 bits per heavy atom. The molecule has 0 bridgehead atoms. The van der Waals surface area contributed by atoms with Crippen molar-refractivity contribution in [2.45, 2.75) is 78.1 Å². The van der Waals surface area contributed by atoms with E-state index >= 15 is 0 Å². The first-order valence-corrected chi connectivity index (χ1v) is 7.95. The number of hydrogen-bond acceptors (Lipinski definition) is 1. The highest BCUT2D eigenvalue weighted by atomic mass is 15.2. The summed E-state index contributed by atoms with van der Waals surface area (Å²) in [5.41, 5.74) is 0. The average molecular weight is 264 g/mol. The number of amidine groups is 1. The smallest absolute Gasteiger partial charge is 0.0985 e. The Kier molecular flexibility index (Phi) is 8.44. The van der Waals surface area contributed by atoms with Crippen molar-refractivity contribution in [3.05, 3.63) is 0 Å². The third-order valence-electron chi connectivity index (χ3n) is 4.50. The van der Waals surface area contributed by atoms with Crippen molar-refractivity contribution >= 4 is 13.7 Å². The molecule has 1 heterocycles. The molecule has 0 amide bonds. The third kappa shape index (κ3) is 4.54. The SMILES string of the molecule is CC.[B]C(C)(CC)C1CCC(=NC)N(C)C1CCC. The van der Waals surface area contributed by atoms with E-state index in [2.05, 4.69) is 37.7 Å². The van der Waals surface area contributed by atoms with Gasteiger partial charge in [0.25, 0.3) is 0 Å². The van der Waals surface area contributed by atoms with Gasteiger partial charge in [-0.15, -0.1) is 0 Å². The predicted octanol–water partition coefficient (Wildman–Crippen LogP) is 4.31. The van der Waals surface area contributed by atoms with Crippen molar-refractivity contribution in [1.29, 1.82) is 0 Å². The van der Waals surface area contributed by atoms with E-state index in [4.69, 9.17) is 7.85 Å². The standard InChI is InChI=1S/C14H27BN2.C2H6/c1-6-8-12-11(14(3,15)7-2)9-10-13(16-4)17(12)5;1-2/h11-12H,6-10H2,1-5H3;1-2H3. The van der Waals surface area contributed by atoms with Crippen LogP contribution in [0, 0.1) is 5.92 Å². The summed E-state index contributed by atoms with van der Waals surface area (Å²) in [5, 5.41) is -0.0482. The van der Waals surface area contributed by atoms with Crippen LogP contribution in [-0.4, -0.2) is 38.7 Å². The minimum absolute atomic E-state index is 0.0482. The van der Waals surface area contributed by atoms with Gasteiger partial charge in [0.1, 0.15) is 0 Å². The zero-order valence-electron chi connectivity index (χ0n) is 14.2. The van der Waals surface area contributed by atoms with E-state index in [1.807, 2.05) is 20.9 Å². The van der Waals surface area contributed by atoms with E-state index in [0.717, 1.165) is 12.8 Å². The largest absolute Gasteiger partial charge is 0.360 e. The first-order valence-electron chi connectivity index (χ1n) is 7.95. The van der Waals surface area contributed by atoms with Gasteiger partial charge in [-0.1, -0.05) is 52.8 Å². The lowest BCUT2D eigenvalue weighted by atomic mass is 9.56. The van der Waals surface area contributed by atoms with E-state index < -0.39 is 0 Å². The summed E-state index contributed by atoms with van der Waals surface area (Å²) in [6, 6.07) is 0.558. The van der Waals surface area contributed by atoms with Crippen molar-refractivity contribution in [2.24, 2.45) is 10.9 Å². The van der Waals surface area contributed by atoms with Crippen molar-refractivity contribution in [3.63, 3.8) is 0 Å². The maximum Gasteiger partial charge on any atom is 0.0985 e. The lowest BCUT2D eigenvalue weighted by molar-refractivity contribution is 0.159. The minimum Gasteiger partial charge on any atom is -0.360 e. The molecular weight excluding hydrogens is 231 g/mol. The lowest BCUT2D eigenvalue weighted by Crippen LogP contribution is -2.49. The molecule has 0 aliphatic carbocycles. The van der Waals surface area contributed by atoms with E-state index in [-0.39, 0.29) is 5.31 Å². The maximum atomic E-state index is 6.49. The molecule has 2 radical (unpaired) electrons. The number of aliphatic imine (C=N–C) groups is 1. The highest BCUT2D eigenvalue weighted by molar-refractivity contribution is 6.15. The Morgan fingerprint density at radius 3 is 2.37 bits per heavy atom. The Balaban J connectivity index is 0.00000154. The van der Waals surface area contributed by atoms with Gasteiger partial charge in [0.2, 0.25) is 0 Å². The second-order valence-corrected chi connectivity index (χ2v) is 5.61. The molecule has 1 aliphatic rings. The molecule has 0 aromatic carbocycles. The van der Waals surface area contributed by atoms with Crippen LogP contribution in [0.5, 0.6) is 0 Å². The molecule has 1 saturated heterocycles.